The molecule has 1 aromatic carbocycles. The lowest BCUT2D eigenvalue weighted by atomic mass is 10.1. The number of benzene rings is 1. The van der Waals surface area contributed by atoms with Crippen LogP contribution in [0.3, 0.4) is 0 Å². The first-order valence-corrected chi connectivity index (χ1v) is 8.10. The van der Waals surface area contributed by atoms with Crippen LogP contribution in [0.2, 0.25) is 0 Å². The lowest BCUT2D eigenvalue weighted by Gasteiger charge is -2.01. The summed E-state index contributed by atoms with van der Waals surface area (Å²) in [5, 5.41) is 8.84. The minimum atomic E-state index is -3.07. The molecule has 0 aromatic heterocycles. The summed E-state index contributed by atoms with van der Waals surface area (Å²) in [6.45, 7) is 1.59. The summed E-state index contributed by atoms with van der Waals surface area (Å²) in [5.41, 5.74) is 0.995. The lowest BCUT2D eigenvalue weighted by molar-refractivity contribution is 0.274. The Bertz CT molecular complexity index is 495. The van der Waals surface area contributed by atoms with Gasteiger partial charge in [-0.15, -0.1) is 0 Å². The Balaban J connectivity index is 2.26. The number of aliphatic hydroxyl groups is 1. The fraction of sp³-hybridized carbons (Fsp3) is 0.500. The Hall–Kier alpha value is -0.390. The van der Waals surface area contributed by atoms with Gasteiger partial charge in [0, 0.05) is 28.7 Å². The average molecular weight is 319 g/mol. The monoisotopic (exact) mass is 318 g/mol. The lowest BCUT2D eigenvalue weighted by Crippen LogP contribution is -2.13. The van der Waals surface area contributed by atoms with Crippen molar-refractivity contribution in [3.63, 3.8) is 0 Å². The van der Waals surface area contributed by atoms with E-state index in [1.54, 1.807) is 6.92 Å². The molecule has 3 atom stereocenters. The van der Waals surface area contributed by atoms with E-state index in [0.717, 1.165) is 10.0 Å². The summed E-state index contributed by atoms with van der Waals surface area (Å²) < 4.78 is 24.7. The second kappa shape index (κ2) is 4.71. The van der Waals surface area contributed by atoms with E-state index in [0.29, 0.717) is 0 Å². The minimum absolute atomic E-state index is 0.0435. The summed E-state index contributed by atoms with van der Waals surface area (Å²) in [4.78, 5) is 0. The van der Waals surface area contributed by atoms with Crippen LogP contribution in [0.15, 0.2) is 28.7 Å². The molecule has 1 N–H and O–H groups in total. The Morgan fingerprint density at radius 2 is 1.88 bits per heavy atom. The molecule has 0 heterocycles. The van der Waals surface area contributed by atoms with Crippen LogP contribution in [0.5, 0.6) is 0 Å². The molecule has 0 bridgehead atoms. The molecule has 0 unspecified atom stereocenters. The zero-order valence-corrected chi connectivity index (χ0v) is 11.9. The highest BCUT2D eigenvalue weighted by Gasteiger charge is 2.57. The Labute approximate surface area is 110 Å². The number of aliphatic hydroxyl groups excluding tert-OH is 1. The number of sulfone groups is 1. The molecule has 0 spiro atoms. The maximum atomic E-state index is 11.9. The van der Waals surface area contributed by atoms with Crippen molar-refractivity contribution in [3.05, 3.63) is 34.3 Å². The largest absolute Gasteiger partial charge is 0.396 e. The number of hydrogen-bond acceptors (Lipinski definition) is 3. The van der Waals surface area contributed by atoms with Gasteiger partial charge in [0.2, 0.25) is 0 Å². The van der Waals surface area contributed by atoms with Crippen molar-refractivity contribution in [1.82, 2.24) is 0 Å². The molecule has 17 heavy (non-hydrogen) atoms. The molecule has 94 valence electrons. The third-order valence-electron chi connectivity index (χ3n) is 3.38. The van der Waals surface area contributed by atoms with Crippen LogP contribution >= 0.6 is 15.9 Å². The molecule has 3 nitrogen and oxygen atoms in total. The predicted molar refractivity (Wildman–Crippen MR) is 70.7 cm³/mol. The van der Waals surface area contributed by atoms with Gasteiger partial charge >= 0.3 is 0 Å². The first-order valence-electron chi connectivity index (χ1n) is 5.59. The zero-order valence-electron chi connectivity index (χ0n) is 9.51. The second-order valence-electron chi connectivity index (χ2n) is 4.34. The molecule has 0 saturated heterocycles. The van der Waals surface area contributed by atoms with Crippen molar-refractivity contribution in [2.45, 2.75) is 18.1 Å². The van der Waals surface area contributed by atoms with Gasteiger partial charge in [0.15, 0.2) is 9.84 Å². The summed E-state index contributed by atoms with van der Waals surface area (Å²) in [6, 6.07) is 7.64. The van der Waals surface area contributed by atoms with Gasteiger partial charge in [0.1, 0.15) is 0 Å². The Kier molecular flexibility index (Phi) is 3.61. The van der Waals surface area contributed by atoms with Gasteiger partial charge < -0.3 is 5.11 Å². The summed E-state index contributed by atoms with van der Waals surface area (Å²) >= 11 is 3.35. The molecule has 1 aliphatic rings. The van der Waals surface area contributed by atoms with E-state index in [9.17, 15) is 13.5 Å². The summed E-state index contributed by atoms with van der Waals surface area (Å²) in [5.74, 6) is -0.0412. The molecule has 1 fully saturated rings. The molecule has 0 aliphatic heterocycles. The van der Waals surface area contributed by atoms with Crippen LogP contribution in [-0.2, 0) is 9.84 Å². The van der Waals surface area contributed by atoms with Gasteiger partial charge in [-0.1, -0.05) is 35.0 Å². The minimum Gasteiger partial charge on any atom is -0.396 e. The molecule has 0 amide bonds. The molecule has 5 heteroatoms. The number of halogens is 1. The third-order valence-corrected chi connectivity index (χ3v) is 6.18. The van der Waals surface area contributed by atoms with Crippen molar-refractivity contribution in [1.29, 1.82) is 0 Å². The Morgan fingerprint density at radius 3 is 2.35 bits per heavy atom. The number of hydrogen-bond donors (Lipinski definition) is 1. The van der Waals surface area contributed by atoms with Gasteiger partial charge in [-0.2, -0.15) is 0 Å². The summed E-state index contributed by atoms with van der Waals surface area (Å²) in [7, 11) is -3.07. The fourth-order valence-electron chi connectivity index (χ4n) is 2.36. The molecule has 1 aromatic rings. The highest BCUT2D eigenvalue weighted by Crippen LogP contribution is 2.52. The van der Waals surface area contributed by atoms with Crippen LogP contribution in [-0.4, -0.2) is 31.1 Å². The van der Waals surface area contributed by atoms with Crippen molar-refractivity contribution in [3.8, 4) is 0 Å². The SMILES string of the molecule is CCS(=O)(=O)[C@H]1[C@@H](CO)[C@@H]1c1ccc(Br)cc1. The average Bonchev–Trinajstić information content (AvgIpc) is 3.05. The van der Waals surface area contributed by atoms with E-state index >= 15 is 0 Å². The van der Waals surface area contributed by atoms with Crippen molar-refractivity contribution >= 4 is 25.8 Å². The standard InChI is InChI=1S/C12H15BrO3S/c1-2-17(15,16)12-10(7-14)11(12)8-3-5-9(13)6-4-8/h3-6,10-12,14H,2,7H2,1H3/t10-,11-,12-/m0/s1. The fourth-order valence-corrected chi connectivity index (χ4v) is 4.52. The molecule has 2 rings (SSSR count). The maximum absolute atomic E-state index is 11.9. The number of rotatable bonds is 4. The van der Waals surface area contributed by atoms with E-state index in [1.165, 1.54) is 0 Å². The van der Waals surface area contributed by atoms with Gasteiger partial charge in [-0.05, 0) is 17.7 Å². The van der Waals surface area contributed by atoms with Crippen LogP contribution in [0.1, 0.15) is 18.4 Å². The molecule has 0 radical (unpaired) electrons. The quantitative estimate of drug-likeness (QED) is 0.923. The first-order chi connectivity index (χ1) is 8.01. The van der Waals surface area contributed by atoms with E-state index in [1.807, 2.05) is 24.3 Å². The maximum Gasteiger partial charge on any atom is 0.153 e. The first kappa shape index (κ1) is 13.1. The normalized spacial score (nSPS) is 28.1. The van der Waals surface area contributed by atoms with Crippen LogP contribution in [0, 0.1) is 5.92 Å². The van der Waals surface area contributed by atoms with E-state index in [-0.39, 0.29) is 24.2 Å². The summed E-state index contributed by atoms with van der Waals surface area (Å²) in [6.07, 6.45) is 0. The second-order valence-corrected chi connectivity index (χ2v) is 7.70. The van der Waals surface area contributed by atoms with Gasteiger partial charge in [-0.25, -0.2) is 8.42 Å². The highest BCUT2D eigenvalue weighted by molar-refractivity contribution is 9.10. The van der Waals surface area contributed by atoms with Crippen molar-refractivity contribution in [2.24, 2.45) is 5.92 Å². The van der Waals surface area contributed by atoms with Crippen LogP contribution < -0.4 is 0 Å². The van der Waals surface area contributed by atoms with Crippen LogP contribution in [0.25, 0.3) is 0 Å². The van der Waals surface area contributed by atoms with E-state index in [4.69, 9.17) is 0 Å². The van der Waals surface area contributed by atoms with Crippen molar-refractivity contribution in [2.75, 3.05) is 12.4 Å². The smallest absolute Gasteiger partial charge is 0.153 e. The predicted octanol–water partition coefficient (Wildman–Crippen LogP) is 1.96. The van der Waals surface area contributed by atoms with Crippen LogP contribution in [0.4, 0.5) is 0 Å². The van der Waals surface area contributed by atoms with Crippen molar-refractivity contribution < 1.29 is 13.5 Å². The third kappa shape index (κ3) is 2.41. The molecule has 1 saturated carbocycles. The topological polar surface area (TPSA) is 54.4 Å². The van der Waals surface area contributed by atoms with E-state index < -0.39 is 15.1 Å². The van der Waals surface area contributed by atoms with Gasteiger partial charge in [0.05, 0.1) is 5.25 Å². The zero-order chi connectivity index (χ0) is 12.6. The van der Waals surface area contributed by atoms with E-state index in [2.05, 4.69) is 15.9 Å². The molecular formula is C12H15BrO3S. The van der Waals surface area contributed by atoms with Gasteiger partial charge in [0.25, 0.3) is 0 Å². The highest BCUT2D eigenvalue weighted by atomic mass is 79.9. The van der Waals surface area contributed by atoms with Gasteiger partial charge in [-0.3, -0.25) is 0 Å². The molecule has 1 aliphatic carbocycles. The molecular weight excluding hydrogens is 304 g/mol. The Morgan fingerprint density at radius 1 is 1.29 bits per heavy atom.